The van der Waals surface area contributed by atoms with Gasteiger partial charge in [0.15, 0.2) is 0 Å². The van der Waals surface area contributed by atoms with Crippen LogP contribution < -0.4 is 0 Å². The van der Waals surface area contributed by atoms with Crippen LogP contribution in [0.4, 0.5) is 0 Å². The van der Waals surface area contributed by atoms with E-state index in [4.69, 9.17) is 5.41 Å². The minimum Gasteiger partial charge on any atom is -0.289 e. The van der Waals surface area contributed by atoms with Crippen molar-refractivity contribution in [1.82, 2.24) is 0 Å². The Morgan fingerprint density at radius 1 is 1.33 bits per heavy atom. The predicted octanol–water partition coefficient (Wildman–Crippen LogP) is 1.35. The molecule has 3 heteroatoms. The lowest BCUT2D eigenvalue weighted by molar-refractivity contribution is 0.909. The summed E-state index contributed by atoms with van der Waals surface area (Å²) in [6.45, 7) is 4.06. The third kappa shape index (κ3) is 7.01. The van der Waals surface area contributed by atoms with Crippen molar-refractivity contribution in [2.24, 2.45) is 15.9 Å². The average molecular weight is 125 g/mol. The maximum absolute atomic E-state index is 6.49. The Morgan fingerprint density at radius 2 is 2.00 bits per heavy atom. The van der Waals surface area contributed by atoms with Crippen LogP contribution in [0, 0.1) is 11.3 Å². The van der Waals surface area contributed by atoms with E-state index in [2.05, 4.69) is 9.98 Å². The second-order valence-corrected chi connectivity index (χ2v) is 1.94. The molecule has 0 saturated carbocycles. The van der Waals surface area contributed by atoms with Crippen LogP contribution in [0.1, 0.15) is 13.8 Å². The maximum Gasteiger partial charge on any atom is 0.116 e. The Hall–Kier alpha value is -0.990. The molecule has 0 aromatic carbocycles. The van der Waals surface area contributed by atoms with E-state index in [1.807, 2.05) is 13.8 Å². The first-order valence-corrected chi connectivity index (χ1v) is 2.81. The molecule has 9 heavy (non-hydrogen) atoms. The van der Waals surface area contributed by atoms with Crippen molar-refractivity contribution in [3.63, 3.8) is 0 Å². The molecule has 0 aliphatic carbocycles. The summed E-state index contributed by atoms with van der Waals surface area (Å²) in [6, 6.07) is 0. The number of rotatable bonds is 3. The number of nitrogens with zero attached hydrogens (tertiary/aromatic N) is 2. The van der Waals surface area contributed by atoms with Crippen LogP contribution in [0.25, 0.3) is 0 Å². The lowest BCUT2D eigenvalue weighted by Gasteiger charge is -1.86. The van der Waals surface area contributed by atoms with Crippen LogP contribution in [0.15, 0.2) is 9.98 Å². The van der Waals surface area contributed by atoms with Gasteiger partial charge in [-0.2, -0.15) is 0 Å². The van der Waals surface area contributed by atoms with Crippen molar-refractivity contribution >= 4 is 18.9 Å². The Labute approximate surface area is 55.0 Å². The molecule has 3 nitrogen and oxygen atoms in total. The van der Waals surface area contributed by atoms with E-state index in [1.165, 1.54) is 6.34 Å². The normalized spacial score (nSPS) is 11.9. The molecular weight excluding hydrogens is 114 g/mol. The minimum atomic E-state index is 0.446. The molecule has 0 amide bonds. The first kappa shape index (κ1) is 8.01. The Kier molecular flexibility index (Phi) is 4.59. The molecule has 0 unspecified atom stereocenters. The Balaban J connectivity index is 3.46. The number of aliphatic imine (C=N–C) groups is 2. The molecule has 0 saturated heterocycles. The van der Waals surface area contributed by atoms with Crippen molar-refractivity contribution in [2.45, 2.75) is 13.8 Å². The topological polar surface area (TPSA) is 48.6 Å². The third-order valence-corrected chi connectivity index (χ3v) is 0.592. The van der Waals surface area contributed by atoms with E-state index in [-0.39, 0.29) is 0 Å². The van der Waals surface area contributed by atoms with E-state index < -0.39 is 0 Å². The Bertz CT molecular complexity index is 124. The van der Waals surface area contributed by atoms with Crippen molar-refractivity contribution in [3.8, 4) is 0 Å². The van der Waals surface area contributed by atoms with Gasteiger partial charge in [-0.05, 0) is 5.92 Å². The minimum absolute atomic E-state index is 0.446. The van der Waals surface area contributed by atoms with E-state index in [1.54, 1.807) is 6.21 Å². The summed E-state index contributed by atoms with van der Waals surface area (Å²) in [5, 5.41) is 6.49. The molecule has 0 rings (SSSR count). The van der Waals surface area contributed by atoms with Gasteiger partial charge >= 0.3 is 0 Å². The van der Waals surface area contributed by atoms with E-state index in [9.17, 15) is 0 Å². The highest BCUT2D eigenvalue weighted by Gasteiger charge is 1.79. The van der Waals surface area contributed by atoms with Gasteiger partial charge in [0, 0.05) is 6.21 Å². The number of nitrogens with one attached hydrogen (secondary N) is 1. The highest BCUT2D eigenvalue weighted by molar-refractivity contribution is 5.77. The van der Waals surface area contributed by atoms with Gasteiger partial charge in [0.25, 0.3) is 0 Å². The van der Waals surface area contributed by atoms with Gasteiger partial charge in [0.05, 0.1) is 0 Å². The zero-order chi connectivity index (χ0) is 7.11. The van der Waals surface area contributed by atoms with Crippen LogP contribution >= 0.6 is 0 Å². The molecule has 0 heterocycles. The van der Waals surface area contributed by atoms with Gasteiger partial charge in [0.1, 0.15) is 12.7 Å². The largest absolute Gasteiger partial charge is 0.289 e. The van der Waals surface area contributed by atoms with Crippen molar-refractivity contribution in [1.29, 1.82) is 5.41 Å². The molecular formula is C6H11N3. The predicted molar refractivity (Wildman–Crippen MR) is 40.6 cm³/mol. The first-order valence-electron chi connectivity index (χ1n) is 2.81. The quantitative estimate of drug-likeness (QED) is 0.437. The molecule has 1 N–H and O–H groups in total. The fourth-order valence-corrected chi connectivity index (χ4v) is 0.282. The van der Waals surface area contributed by atoms with Gasteiger partial charge in [-0.15, -0.1) is 0 Å². The average Bonchev–Trinajstić information content (AvgIpc) is 1.80. The summed E-state index contributed by atoms with van der Waals surface area (Å²) >= 11 is 0. The SMILES string of the molecule is CC(C)C=NC=NC=N. The molecule has 0 aliphatic heterocycles. The highest BCUT2D eigenvalue weighted by Crippen LogP contribution is 1.82. The maximum atomic E-state index is 6.49. The van der Waals surface area contributed by atoms with Gasteiger partial charge in [-0.3, -0.25) is 5.41 Å². The van der Waals surface area contributed by atoms with Gasteiger partial charge in [0.2, 0.25) is 0 Å². The standard InChI is InChI=1S/C6H11N3/c1-6(2)3-8-5-9-4-7/h3-7H,1-2H3. The van der Waals surface area contributed by atoms with E-state index >= 15 is 0 Å². The highest BCUT2D eigenvalue weighted by atomic mass is 14.9. The molecule has 0 fully saturated rings. The fourth-order valence-electron chi connectivity index (χ4n) is 0.282. The summed E-state index contributed by atoms with van der Waals surface area (Å²) in [4.78, 5) is 7.26. The summed E-state index contributed by atoms with van der Waals surface area (Å²) in [5.41, 5.74) is 0. The molecule has 0 atom stereocenters. The molecule has 0 aromatic heterocycles. The molecule has 0 aliphatic rings. The van der Waals surface area contributed by atoms with Crippen molar-refractivity contribution in [3.05, 3.63) is 0 Å². The second-order valence-electron chi connectivity index (χ2n) is 1.94. The van der Waals surface area contributed by atoms with Gasteiger partial charge < -0.3 is 0 Å². The third-order valence-electron chi connectivity index (χ3n) is 0.592. The van der Waals surface area contributed by atoms with Crippen molar-refractivity contribution < 1.29 is 0 Å². The zero-order valence-corrected chi connectivity index (χ0v) is 5.70. The summed E-state index contributed by atoms with van der Waals surface area (Å²) in [6.07, 6.45) is 4.08. The van der Waals surface area contributed by atoms with Gasteiger partial charge in [-0.1, -0.05) is 13.8 Å². The number of hydrogen-bond acceptors (Lipinski definition) is 1. The fraction of sp³-hybridized carbons (Fsp3) is 0.500. The molecule has 0 bridgehead atoms. The lowest BCUT2D eigenvalue weighted by atomic mass is 10.3. The van der Waals surface area contributed by atoms with Crippen LogP contribution in [0.2, 0.25) is 0 Å². The lowest BCUT2D eigenvalue weighted by Crippen LogP contribution is -1.86. The summed E-state index contributed by atoms with van der Waals surface area (Å²) in [5.74, 6) is 0.446. The first-order chi connectivity index (χ1) is 4.27. The van der Waals surface area contributed by atoms with Crippen molar-refractivity contribution in [2.75, 3.05) is 0 Å². The monoisotopic (exact) mass is 125 g/mol. The van der Waals surface area contributed by atoms with E-state index in [0.717, 1.165) is 6.34 Å². The van der Waals surface area contributed by atoms with Gasteiger partial charge in [-0.25, -0.2) is 9.98 Å². The van der Waals surface area contributed by atoms with Crippen LogP contribution in [0.5, 0.6) is 0 Å². The zero-order valence-electron chi connectivity index (χ0n) is 5.70. The smallest absolute Gasteiger partial charge is 0.116 e. The van der Waals surface area contributed by atoms with Crippen LogP contribution in [-0.4, -0.2) is 18.9 Å². The molecule has 0 spiro atoms. The summed E-state index contributed by atoms with van der Waals surface area (Å²) < 4.78 is 0. The number of hydrogen-bond donors (Lipinski definition) is 1. The van der Waals surface area contributed by atoms with Crippen LogP contribution in [-0.2, 0) is 0 Å². The van der Waals surface area contributed by atoms with Crippen LogP contribution in [0.3, 0.4) is 0 Å². The molecule has 50 valence electrons. The summed E-state index contributed by atoms with van der Waals surface area (Å²) in [7, 11) is 0. The molecule has 0 radical (unpaired) electrons. The second kappa shape index (κ2) is 5.15. The molecule has 0 aromatic rings. The Morgan fingerprint density at radius 3 is 2.44 bits per heavy atom. The van der Waals surface area contributed by atoms with E-state index in [0.29, 0.717) is 5.92 Å².